The number of rotatable bonds is 16. The second-order valence-electron chi connectivity index (χ2n) is 7.23. The highest BCUT2D eigenvalue weighted by molar-refractivity contribution is 5.79. The van der Waals surface area contributed by atoms with E-state index >= 15 is 0 Å². The number of β-amino-alcohol motifs (C(OH)–C–C–N with tert-alkyl or cyclic N) is 1. The highest BCUT2D eigenvalue weighted by Crippen LogP contribution is 2.14. The van der Waals surface area contributed by atoms with E-state index in [1.165, 1.54) is 64.2 Å². The summed E-state index contributed by atoms with van der Waals surface area (Å²) in [5.74, 6) is 0.342. The van der Waals surface area contributed by atoms with Gasteiger partial charge < -0.3 is 10.2 Å². The molecule has 0 amide bonds. The largest absolute Gasteiger partial charge is 0.478 e. The van der Waals surface area contributed by atoms with Crippen molar-refractivity contribution in [1.29, 1.82) is 0 Å². The monoisotopic (exact) mass is 355 g/mol. The predicted molar refractivity (Wildman–Crippen MR) is 102 cm³/mol. The van der Waals surface area contributed by atoms with Crippen molar-refractivity contribution in [3.05, 3.63) is 0 Å². The Bertz CT molecular complexity index is 396. The molecule has 0 aromatic carbocycles. The van der Waals surface area contributed by atoms with Gasteiger partial charge in [0.15, 0.2) is 6.54 Å². The molecule has 0 saturated carbocycles. The number of carboxylic acids is 1. The minimum Gasteiger partial charge on any atom is -0.478 e. The normalized spacial score (nSPS) is 14.6. The van der Waals surface area contributed by atoms with E-state index in [0.29, 0.717) is 6.54 Å². The zero-order valence-corrected chi connectivity index (χ0v) is 16.2. The number of aliphatic hydroxyl groups excluding tert-OH is 1. The van der Waals surface area contributed by atoms with Crippen LogP contribution in [0.2, 0.25) is 0 Å². The second kappa shape index (κ2) is 14.1. The van der Waals surface area contributed by atoms with Crippen LogP contribution in [0.1, 0.15) is 84.0 Å². The first-order valence-corrected chi connectivity index (χ1v) is 10.4. The van der Waals surface area contributed by atoms with Gasteiger partial charge in [0.05, 0.1) is 6.61 Å². The van der Waals surface area contributed by atoms with Gasteiger partial charge in [-0.15, -0.1) is 0 Å². The maximum Gasteiger partial charge on any atom is 0.345 e. The number of amidine groups is 1. The molecule has 5 heteroatoms. The van der Waals surface area contributed by atoms with Crippen LogP contribution in [0.5, 0.6) is 0 Å². The first-order valence-electron chi connectivity index (χ1n) is 10.4. The highest BCUT2D eigenvalue weighted by Gasteiger charge is 2.30. The minimum absolute atomic E-state index is 0.0787. The summed E-state index contributed by atoms with van der Waals surface area (Å²) in [5.41, 5.74) is 0. The van der Waals surface area contributed by atoms with Crippen molar-refractivity contribution in [3.63, 3.8) is 0 Å². The van der Waals surface area contributed by atoms with Crippen LogP contribution in [-0.2, 0) is 4.79 Å². The molecule has 0 atom stereocenters. The number of carbonyl (C=O) groups is 1. The molecular weight excluding hydrogens is 316 g/mol. The van der Waals surface area contributed by atoms with Crippen molar-refractivity contribution in [1.82, 2.24) is 4.90 Å². The lowest BCUT2D eigenvalue weighted by Crippen LogP contribution is -2.33. The van der Waals surface area contributed by atoms with Crippen LogP contribution < -0.4 is 0 Å². The third-order valence-corrected chi connectivity index (χ3v) is 5.07. The summed E-state index contributed by atoms with van der Waals surface area (Å²) < 4.78 is 1.97. The van der Waals surface area contributed by atoms with Gasteiger partial charge in [0.1, 0.15) is 19.6 Å². The fourth-order valence-corrected chi connectivity index (χ4v) is 3.66. The molecule has 0 fully saturated rings. The number of unbranched alkanes of at least 4 members (excludes halogenated alkanes) is 10. The van der Waals surface area contributed by atoms with Crippen molar-refractivity contribution in [3.8, 4) is 0 Å². The Morgan fingerprint density at radius 2 is 1.56 bits per heavy atom. The molecule has 1 aliphatic rings. The van der Waals surface area contributed by atoms with Crippen molar-refractivity contribution < 1.29 is 19.6 Å². The van der Waals surface area contributed by atoms with Crippen molar-refractivity contribution >= 4 is 11.8 Å². The van der Waals surface area contributed by atoms with E-state index in [2.05, 4.69) is 11.8 Å². The molecule has 0 bridgehead atoms. The third-order valence-electron chi connectivity index (χ3n) is 5.07. The zero-order valence-electron chi connectivity index (χ0n) is 16.2. The van der Waals surface area contributed by atoms with Crippen LogP contribution in [-0.4, -0.2) is 64.3 Å². The van der Waals surface area contributed by atoms with Gasteiger partial charge in [-0.2, -0.15) is 0 Å². The van der Waals surface area contributed by atoms with Crippen LogP contribution in [0.4, 0.5) is 0 Å². The van der Waals surface area contributed by atoms with Gasteiger partial charge in [0, 0.05) is 6.42 Å². The Morgan fingerprint density at radius 1 is 1.00 bits per heavy atom. The summed E-state index contributed by atoms with van der Waals surface area (Å²) in [6, 6.07) is 0. The molecule has 0 aromatic rings. The Morgan fingerprint density at radius 3 is 2.08 bits per heavy atom. The number of carboxylic acid groups (broad SMARTS) is 1. The zero-order chi connectivity index (χ0) is 18.3. The molecule has 146 valence electrons. The Hall–Kier alpha value is -1.10. The van der Waals surface area contributed by atoms with Gasteiger partial charge in [-0.3, -0.25) is 9.48 Å². The quantitative estimate of drug-likeness (QED) is 0.329. The predicted octanol–water partition coefficient (Wildman–Crippen LogP) is 3.49. The number of hydrogen-bond acceptors (Lipinski definition) is 3. The molecule has 0 unspecified atom stereocenters. The molecule has 0 aliphatic carbocycles. The summed E-state index contributed by atoms with van der Waals surface area (Å²) in [4.78, 5) is 13.2. The van der Waals surface area contributed by atoms with Gasteiger partial charge in [-0.25, -0.2) is 4.79 Å². The number of aliphatic carboxylic acids is 1. The molecule has 2 N–H and O–H groups in total. The van der Waals surface area contributed by atoms with Gasteiger partial charge in [-0.1, -0.05) is 71.1 Å². The van der Waals surface area contributed by atoms with Crippen LogP contribution in [0, 0.1) is 0 Å². The standard InChI is InChI=1S/C20H38N2O3/c1-2-3-4-5-6-7-8-9-10-11-12-13-19-21(16-17-23)14-15-22(19)18-20(24)25/h23H,2-18H2,1H3/p+1. The van der Waals surface area contributed by atoms with Gasteiger partial charge in [0.2, 0.25) is 5.84 Å². The Balaban J connectivity index is 2.14. The smallest absolute Gasteiger partial charge is 0.345 e. The summed E-state index contributed by atoms with van der Waals surface area (Å²) in [6.45, 7) is 4.68. The van der Waals surface area contributed by atoms with E-state index in [1.807, 2.05) is 4.58 Å². The summed E-state index contributed by atoms with van der Waals surface area (Å²) in [6.07, 6.45) is 15.5. The first-order chi connectivity index (χ1) is 12.2. The topological polar surface area (TPSA) is 63.8 Å². The molecule has 0 saturated heterocycles. The van der Waals surface area contributed by atoms with Crippen LogP contribution >= 0.6 is 0 Å². The minimum atomic E-state index is -0.776. The Kier molecular flexibility index (Phi) is 12.4. The van der Waals surface area contributed by atoms with Crippen molar-refractivity contribution in [2.45, 2.75) is 84.0 Å². The van der Waals surface area contributed by atoms with E-state index in [4.69, 9.17) is 5.11 Å². The van der Waals surface area contributed by atoms with E-state index < -0.39 is 5.97 Å². The molecule has 1 rings (SSSR count). The second-order valence-corrected chi connectivity index (χ2v) is 7.23. The maximum atomic E-state index is 11.0. The van der Waals surface area contributed by atoms with Gasteiger partial charge in [0.25, 0.3) is 0 Å². The third kappa shape index (κ3) is 9.83. The van der Waals surface area contributed by atoms with Crippen LogP contribution in [0.3, 0.4) is 0 Å². The lowest BCUT2D eigenvalue weighted by Gasteiger charge is -2.12. The molecule has 0 spiro atoms. The first kappa shape index (κ1) is 21.9. The molecule has 0 aromatic heterocycles. The summed E-state index contributed by atoms with van der Waals surface area (Å²) >= 11 is 0. The SMILES string of the molecule is CCCCCCCCCCCCCC1=[N+](CC(=O)O)CCN1CCO. The molecular formula is C20H39N2O3+. The molecule has 25 heavy (non-hydrogen) atoms. The molecule has 0 radical (unpaired) electrons. The average molecular weight is 356 g/mol. The number of nitrogens with zero attached hydrogens (tertiary/aromatic N) is 2. The van der Waals surface area contributed by atoms with Crippen molar-refractivity contribution in [2.75, 3.05) is 32.8 Å². The lowest BCUT2D eigenvalue weighted by atomic mass is 10.1. The summed E-state index contributed by atoms with van der Waals surface area (Å²) in [5, 5.41) is 18.2. The van der Waals surface area contributed by atoms with E-state index in [9.17, 15) is 9.90 Å². The van der Waals surface area contributed by atoms with Gasteiger partial charge in [-0.05, 0) is 6.42 Å². The maximum absolute atomic E-state index is 11.0. The molecule has 1 aliphatic heterocycles. The Labute approximate surface area is 153 Å². The average Bonchev–Trinajstić information content (AvgIpc) is 2.94. The highest BCUT2D eigenvalue weighted by atomic mass is 16.4. The van der Waals surface area contributed by atoms with E-state index in [0.717, 1.165) is 31.8 Å². The van der Waals surface area contributed by atoms with Crippen LogP contribution in [0.15, 0.2) is 0 Å². The van der Waals surface area contributed by atoms with Crippen LogP contribution in [0.25, 0.3) is 0 Å². The van der Waals surface area contributed by atoms with Crippen molar-refractivity contribution in [2.24, 2.45) is 0 Å². The van der Waals surface area contributed by atoms with E-state index in [1.54, 1.807) is 0 Å². The van der Waals surface area contributed by atoms with E-state index in [-0.39, 0.29) is 13.2 Å². The number of aliphatic hydroxyl groups is 1. The summed E-state index contributed by atoms with van der Waals surface area (Å²) in [7, 11) is 0. The fraction of sp³-hybridized carbons (Fsp3) is 0.900. The fourth-order valence-electron chi connectivity index (χ4n) is 3.66. The van der Waals surface area contributed by atoms with Gasteiger partial charge >= 0.3 is 5.97 Å². The lowest BCUT2D eigenvalue weighted by molar-refractivity contribution is -0.509. The molecule has 1 heterocycles. The number of hydrogen-bond donors (Lipinski definition) is 2. The molecule has 5 nitrogen and oxygen atoms in total.